The van der Waals surface area contributed by atoms with Crippen LogP contribution in [0.3, 0.4) is 0 Å². The maximum absolute atomic E-state index is 12.7. The van der Waals surface area contributed by atoms with E-state index in [2.05, 4.69) is 50.3 Å². The van der Waals surface area contributed by atoms with Crippen molar-refractivity contribution in [1.29, 1.82) is 0 Å². The molecule has 10 heteroatoms. The lowest BCUT2D eigenvalue weighted by Crippen LogP contribution is -2.29. The zero-order chi connectivity index (χ0) is 53.1. The van der Waals surface area contributed by atoms with E-state index in [0.29, 0.717) is 6.42 Å². The highest BCUT2D eigenvalue weighted by Crippen LogP contribution is 2.43. The molecular formula is C63H120NO8P. The molecule has 430 valence electrons. The molecule has 0 radical (unpaired) electrons. The summed E-state index contributed by atoms with van der Waals surface area (Å²) in [6.45, 7) is 3.76. The zero-order valence-electron chi connectivity index (χ0n) is 48.1. The van der Waals surface area contributed by atoms with Gasteiger partial charge in [-0.2, -0.15) is 0 Å². The van der Waals surface area contributed by atoms with E-state index in [4.69, 9.17) is 24.3 Å². The minimum Gasteiger partial charge on any atom is -0.462 e. The highest BCUT2D eigenvalue weighted by atomic mass is 31.2. The second-order valence-corrected chi connectivity index (χ2v) is 22.7. The molecule has 0 aliphatic rings. The van der Waals surface area contributed by atoms with Gasteiger partial charge >= 0.3 is 19.8 Å². The summed E-state index contributed by atoms with van der Waals surface area (Å²) in [4.78, 5) is 35.0. The standard InChI is InChI=1S/C63H120NO8P/c1-3-5-7-9-11-13-15-16-17-18-19-20-21-22-23-24-25-26-27-28-29-30-31-32-33-34-35-36-37-38-39-40-41-42-43-44-46-48-50-52-54-56-63(66)72-61(60-71-73(67,68)70-58-57-64)59-69-62(65)55-53-51-49-47-45-14-12-10-8-6-4-2/h15-16,18-19,21-22,61H,3-14,17,20,23-60,64H2,1-2H3,(H,67,68)/b16-15-,19-18-,22-21-. The monoisotopic (exact) mass is 1050 g/mol. The molecular weight excluding hydrogens is 930 g/mol. The second kappa shape index (κ2) is 59.5. The summed E-state index contributed by atoms with van der Waals surface area (Å²) in [6, 6.07) is 0. The number of ether oxygens (including phenoxy) is 2. The molecule has 0 saturated carbocycles. The molecule has 0 saturated heterocycles. The number of rotatable bonds is 60. The highest BCUT2D eigenvalue weighted by Gasteiger charge is 2.26. The van der Waals surface area contributed by atoms with Crippen LogP contribution < -0.4 is 5.73 Å². The predicted molar refractivity (Wildman–Crippen MR) is 312 cm³/mol. The minimum absolute atomic E-state index is 0.0566. The van der Waals surface area contributed by atoms with Gasteiger partial charge in [-0.15, -0.1) is 0 Å². The Morgan fingerprint density at radius 1 is 0.411 bits per heavy atom. The van der Waals surface area contributed by atoms with Gasteiger partial charge in [-0.25, -0.2) is 4.57 Å². The minimum atomic E-state index is -4.38. The van der Waals surface area contributed by atoms with Gasteiger partial charge in [-0.05, 0) is 51.4 Å². The summed E-state index contributed by atoms with van der Waals surface area (Å²) in [5.41, 5.74) is 5.37. The Bertz CT molecular complexity index is 1290. The number of esters is 2. The van der Waals surface area contributed by atoms with Gasteiger partial charge in [0.05, 0.1) is 13.2 Å². The number of nitrogens with two attached hydrogens (primary N) is 1. The fraction of sp³-hybridized carbons (Fsp3) is 0.873. The number of allylic oxidation sites excluding steroid dienone is 6. The lowest BCUT2D eigenvalue weighted by Gasteiger charge is -2.19. The van der Waals surface area contributed by atoms with E-state index in [1.54, 1.807) is 0 Å². The molecule has 0 heterocycles. The number of unbranched alkanes of at least 4 members (excludes halogenated alkanes) is 41. The number of phosphoric ester groups is 1. The Morgan fingerprint density at radius 2 is 0.712 bits per heavy atom. The first-order valence-corrected chi connectivity index (χ1v) is 33.0. The maximum atomic E-state index is 12.7. The van der Waals surface area contributed by atoms with Gasteiger partial charge in [0.1, 0.15) is 6.61 Å². The largest absolute Gasteiger partial charge is 0.472 e. The van der Waals surface area contributed by atoms with Crippen molar-refractivity contribution in [3.05, 3.63) is 36.5 Å². The molecule has 9 nitrogen and oxygen atoms in total. The summed E-state index contributed by atoms with van der Waals surface area (Å²) < 4.78 is 32.9. The van der Waals surface area contributed by atoms with Gasteiger partial charge in [-0.1, -0.05) is 294 Å². The third-order valence-electron chi connectivity index (χ3n) is 14.0. The third kappa shape index (κ3) is 59.3. The fourth-order valence-electron chi connectivity index (χ4n) is 9.35. The molecule has 0 spiro atoms. The van der Waals surface area contributed by atoms with Crippen LogP contribution in [0.5, 0.6) is 0 Å². The molecule has 3 N–H and O–H groups in total. The van der Waals surface area contributed by atoms with Crippen LogP contribution in [0.25, 0.3) is 0 Å². The van der Waals surface area contributed by atoms with E-state index in [1.165, 1.54) is 244 Å². The Kier molecular flexibility index (Phi) is 58.0. The molecule has 0 aliphatic carbocycles. The van der Waals surface area contributed by atoms with Gasteiger partial charge in [0, 0.05) is 19.4 Å². The van der Waals surface area contributed by atoms with Crippen molar-refractivity contribution in [2.45, 2.75) is 328 Å². The van der Waals surface area contributed by atoms with Crippen LogP contribution in [0.4, 0.5) is 0 Å². The fourth-order valence-corrected chi connectivity index (χ4v) is 10.1. The smallest absolute Gasteiger partial charge is 0.462 e. The SMILES string of the molecule is CCCCCCC/C=C\C/C=C\C/C=C\CCCCCCCCCCCCCCCCCCCCCCCCCCCCC(=O)OC(COC(=O)CCCCCCCCCCCCC)COP(=O)(O)OCCN. The quantitative estimate of drug-likeness (QED) is 0.0264. The molecule has 73 heavy (non-hydrogen) atoms. The summed E-state index contributed by atoms with van der Waals surface area (Å²) in [6.07, 6.45) is 72.5. The Hall–Kier alpha value is -1.77. The van der Waals surface area contributed by atoms with Crippen molar-refractivity contribution in [2.75, 3.05) is 26.4 Å². The van der Waals surface area contributed by atoms with Crippen molar-refractivity contribution in [3.8, 4) is 0 Å². The van der Waals surface area contributed by atoms with Crippen LogP contribution >= 0.6 is 7.82 Å². The number of carbonyl (C=O) groups is 2. The first-order chi connectivity index (χ1) is 35.8. The second-order valence-electron chi connectivity index (χ2n) is 21.3. The molecule has 0 aromatic carbocycles. The molecule has 2 unspecified atom stereocenters. The molecule has 0 amide bonds. The van der Waals surface area contributed by atoms with Crippen molar-refractivity contribution in [2.24, 2.45) is 5.73 Å². The molecule has 0 aliphatic heterocycles. The van der Waals surface area contributed by atoms with E-state index in [1.807, 2.05) is 0 Å². The first kappa shape index (κ1) is 71.2. The summed E-state index contributed by atoms with van der Waals surface area (Å²) in [7, 11) is -4.38. The van der Waals surface area contributed by atoms with E-state index >= 15 is 0 Å². The summed E-state index contributed by atoms with van der Waals surface area (Å²) in [5.74, 6) is -0.812. The summed E-state index contributed by atoms with van der Waals surface area (Å²) in [5, 5.41) is 0. The molecule has 0 aromatic rings. The van der Waals surface area contributed by atoms with Crippen molar-refractivity contribution < 1.29 is 37.6 Å². The van der Waals surface area contributed by atoms with Gasteiger partial charge in [0.15, 0.2) is 6.10 Å². The van der Waals surface area contributed by atoms with Gasteiger partial charge in [0.25, 0.3) is 0 Å². The number of hydrogen-bond donors (Lipinski definition) is 2. The molecule has 2 atom stereocenters. The molecule has 0 rings (SSSR count). The molecule has 0 bridgehead atoms. The van der Waals surface area contributed by atoms with Crippen molar-refractivity contribution in [3.63, 3.8) is 0 Å². The number of phosphoric acid groups is 1. The average molecular weight is 1050 g/mol. The highest BCUT2D eigenvalue weighted by molar-refractivity contribution is 7.47. The van der Waals surface area contributed by atoms with Crippen molar-refractivity contribution >= 4 is 19.8 Å². The van der Waals surface area contributed by atoms with E-state index in [9.17, 15) is 19.0 Å². The summed E-state index contributed by atoms with van der Waals surface area (Å²) >= 11 is 0. The van der Waals surface area contributed by atoms with Gasteiger partial charge in [0.2, 0.25) is 0 Å². The zero-order valence-corrected chi connectivity index (χ0v) is 49.0. The van der Waals surface area contributed by atoms with Crippen LogP contribution in [-0.4, -0.2) is 49.3 Å². The molecule has 0 fully saturated rings. The van der Waals surface area contributed by atoms with Crippen LogP contribution in [0.2, 0.25) is 0 Å². The Morgan fingerprint density at radius 3 is 1.05 bits per heavy atom. The van der Waals surface area contributed by atoms with Gasteiger partial charge < -0.3 is 20.1 Å². The van der Waals surface area contributed by atoms with Crippen LogP contribution in [0, 0.1) is 0 Å². The maximum Gasteiger partial charge on any atom is 0.472 e. The topological polar surface area (TPSA) is 134 Å². The van der Waals surface area contributed by atoms with Crippen LogP contribution in [0.1, 0.15) is 322 Å². The van der Waals surface area contributed by atoms with Crippen LogP contribution in [0.15, 0.2) is 36.5 Å². The number of hydrogen-bond acceptors (Lipinski definition) is 8. The lowest BCUT2D eigenvalue weighted by molar-refractivity contribution is -0.161. The normalized spacial score (nSPS) is 13.2. The average Bonchev–Trinajstić information content (AvgIpc) is 3.38. The van der Waals surface area contributed by atoms with E-state index in [-0.39, 0.29) is 38.6 Å². The third-order valence-corrected chi connectivity index (χ3v) is 15.0. The van der Waals surface area contributed by atoms with Gasteiger partial charge in [-0.3, -0.25) is 18.6 Å². The molecule has 0 aromatic heterocycles. The Labute approximate surface area is 452 Å². The van der Waals surface area contributed by atoms with E-state index in [0.717, 1.165) is 44.9 Å². The van der Waals surface area contributed by atoms with Crippen molar-refractivity contribution in [1.82, 2.24) is 0 Å². The van der Waals surface area contributed by atoms with Crippen LogP contribution in [-0.2, 0) is 32.7 Å². The predicted octanol–water partition coefficient (Wildman–Crippen LogP) is 20.0. The van der Waals surface area contributed by atoms with E-state index < -0.39 is 26.5 Å². The number of carbonyl (C=O) groups excluding carboxylic acids is 2. The first-order valence-electron chi connectivity index (χ1n) is 31.5. The lowest BCUT2D eigenvalue weighted by atomic mass is 10.0. The Balaban J connectivity index is 3.68.